The van der Waals surface area contributed by atoms with E-state index < -0.39 is 17.5 Å². The maximum absolute atomic E-state index is 13.7. The number of halogens is 3. The van der Waals surface area contributed by atoms with E-state index in [9.17, 15) is 13.2 Å². The van der Waals surface area contributed by atoms with Crippen molar-refractivity contribution in [3.63, 3.8) is 0 Å². The summed E-state index contributed by atoms with van der Waals surface area (Å²) in [6.07, 6.45) is -1.72. The van der Waals surface area contributed by atoms with Gasteiger partial charge in [0.15, 0.2) is 11.6 Å². The molecule has 0 radical (unpaired) electrons. The van der Waals surface area contributed by atoms with E-state index in [0.717, 1.165) is 0 Å². The van der Waals surface area contributed by atoms with Crippen LogP contribution in [0.15, 0.2) is 49.1 Å². The van der Waals surface area contributed by atoms with Gasteiger partial charge in [-0.15, -0.1) is 0 Å². The molecule has 0 saturated heterocycles. The molecule has 0 aromatic carbocycles. The Morgan fingerprint density at radius 3 is 2.48 bits per heavy atom. The quantitative estimate of drug-likeness (QED) is 0.452. The second-order valence-corrected chi connectivity index (χ2v) is 8.22. The highest BCUT2D eigenvalue weighted by molar-refractivity contribution is 5.74. The van der Waals surface area contributed by atoms with Gasteiger partial charge in [-0.25, -0.2) is 9.97 Å². The van der Waals surface area contributed by atoms with E-state index in [0.29, 0.717) is 22.8 Å². The molecule has 1 N–H and O–H groups in total. The molecule has 0 fully saturated rings. The second kappa shape index (κ2) is 9.13. The third-order valence-corrected chi connectivity index (χ3v) is 4.45. The predicted octanol–water partition coefficient (Wildman–Crippen LogP) is 5.75. The van der Waals surface area contributed by atoms with Crippen LogP contribution in [0, 0.1) is 0 Å². The Morgan fingerprint density at radius 2 is 1.88 bits per heavy atom. The largest absolute Gasteiger partial charge is 0.483 e. The summed E-state index contributed by atoms with van der Waals surface area (Å²) in [5, 5.41) is 6.61. The number of nitrogens with one attached hydrogen (secondary N) is 1. The van der Waals surface area contributed by atoms with E-state index in [4.69, 9.17) is 9.47 Å². The Hall–Kier alpha value is -3.56. The molecule has 3 aromatic heterocycles. The zero-order valence-corrected chi connectivity index (χ0v) is 19.1. The lowest BCUT2D eigenvalue weighted by molar-refractivity contribution is -0.141. The summed E-state index contributed by atoms with van der Waals surface area (Å²) in [7, 11) is 1.47. The molecule has 3 rings (SSSR count). The highest BCUT2D eigenvalue weighted by Gasteiger charge is 2.38. The number of ether oxygens (including phenoxy) is 2. The summed E-state index contributed by atoms with van der Waals surface area (Å²) in [4.78, 5) is 8.59. The SMILES string of the molecule is C=C(Nc1cc(-c2cc(OC(C)(C)C)nc(-c3cn(CC)nc3C(F)(F)F)c2)ccn1)OC. The van der Waals surface area contributed by atoms with Crippen molar-refractivity contribution in [1.29, 1.82) is 0 Å². The minimum Gasteiger partial charge on any atom is -0.483 e. The van der Waals surface area contributed by atoms with Crippen LogP contribution in [0.1, 0.15) is 33.4 Å². The third kappa shape index (κ3) is 6.03. The van der Waals surface area contributed by atoms with E-state index >= 15 is 0 Å². The topological polar surface area (TPSA) is 74.1 Å². The van der Waals surface area contributed by atoms with E-state index in [1.54, 1.807) is 37.4 Å². The molecule has 176 valence electrons. The van der Waals surface area contributed by atoms with Crippen LogP contribution in [-0.4, -0.2) is 32.5 Å². The van der Waals surface area contributed by atoms with Gasteiger partial charge in [-0.05, 0) is 63.6 Å². The van der Waals surface area contributed by atoms with E-state index in [1.165, 1.54) is 18.0 Å². The lowest BCUT2D eigenvalue weighted by Crippen LogP contribution is -2.23. The van der Waals surface area contributed by atoms with Crippen LogP contribution >= 0.6 is 0 Å². The smallest absolute Gasteiger partial charge is 0.435 e. The number of rotatable bonds is 7. The first kappa shape index (κ1) is 24.1. The van der Waals surface area contributed by atoms with E-state index in [-0.39, 0.29) is 23.7 Å². The number of methoxy groups -OCH3 is 1. The predicted molar refractivity (Wildman–Crippen MR) is 120 cm³/mol. The van der Waals surface area contributed by atoms with Crippen molar-refractivity contribution in [2.24, 2.45) is 0 Å². The highest BCUT2D eigenvalue weighted by atomic mass is 19.4. The molecule has 0 bridgehead atoms. The van der Waals surface area contributed by atoms with Gasteiger partial charge in [-0.1, -0.05) is 0 Å². The minimum atomic E-state index is -4.63. The molecule has 7 nitrogen and oxygen atoms in total. The van der Waals surface area contributed by atoms with Gasteiger partial charge < -0.3 is 14.8 Å². The van der Waals surface area contributed by atoms with Crippen molar-refractivity contribution in [2.75, 3.05) is 12.4 Å². The average Bonchev–Trinajstić information content (AvgIpc) is 3.18. The molecule has 0 saturated carbocycles. The fourth-order valence-corrected chi connectivity index (χ4v) is 3.03. The number of anilines is 1. The Labute approximate surface area is 190 Å². The molecule has 0 aliphatic carbocycles. The van der Waals surface area contributed by atoms with Crippen molar-refractivity contribution in [1.82, 2.24) is 19.7 Å². The van der Waals surface area contributed by atoms with Crippen LogP contribution in [0.3, 0.4) is 0 Å². The summed E-state index contributed by atoms with van der Waals surface area (Å²) in [6.45, 7) is 11.2. The number of aromatic nitrogens is 4. The van der Waals surface area contributed by atoms with Crippen LogP contribution in [0.5, 0.6) is 5.88 Å². The number of hydrogen-bond acceptors (Lipinski definition) is 6. The Bertz CT molecular complexity index is 1150. The summed E-state index contributed by atoms with van der Waals surface area (Å²) >= 11 is 0. The standard InChI is InChI=1S/C23H26F3N5O2/c1-7-31-13-17(21(30-31)23(24,25)26)18-10-16(12-20(29-18)33-22(3,4)5)15-8-9-27-19(11-15)28-14(2)32-6/h8-13H,2,7H2,1,3-6H3,(H,27,28). The number of aryl methyl sites for hydroxylation is 1. The third-order valence-electron chi connectivity index (χ3n) is 4.45. The molecule has 0 amide bonds. The minimum absolute atomic E-state index is 0.103. The van der Waals surface area contributed by atoms with Gasteiger partial charge in [0.1, 0.15) is 11.4 Å². The molecular weight excluding hydrogens is 435 g/mol. The zero-order valence-electron chi connectivity index (χ0n) is 19.1. The monoisotopic (exact) mass is 461 g/mol. The summed E-state index contributed by atoms with van der Waals surface area (Å²) in [6, 6.07) is 6.72. The first-order valence-corrected chi connectivity index (χ1v) is 10.2. The molecular formula is C23H26F3N5O2. The Balaban J connectivity index is 2.17. The van der Waals surface area contributed by atoms with Crippen molar-refractivity contribution in [3.05, 3.63) is 54.8 Å². The normalized spacial score (nSPS) is 11.9. The number of alkyl halides is 3. The molecule has 33 heavy (non-hydrogen) atoms. The lowest BCUT2D eigenvalue weighted by Gasteiger charge is -2.21. The van der Waals surface area contributed by atoms with Gasteiger partial charge in [0.25, 0.3) is 0 Å². The van der Waals surface area contributed by atoms with Crippen LogP contribution < -0.4 is 10.1 Å². The second-order valence-electron chi connectivity index (χ2n) is 8.22. The van der Waals surface area contributed by atoms with Gasteiger partial charge in [-0.2, -0.15) is 18.3 Å². The Kier molecular flexibility index (Phi) is 6.66. The van der Waals surface area contributed by atoms with Gasteiger partial charge in [-0.3, -0.25) is 4.68 Å². The van der Waals surface area contributed by atoms with E-state index in [1.807, 2.05) is 20.8 Å². The van der Waals surface area contributed by atoms with Crippen molar-refractivity contribution in [3.8, 4) is 28.3 Å². The van der Waals surface area contributed by atoms with Gasteiger partial charge in [0, 0.05) is 25.0 Å². The molecule has 0 aliphatic rings. The molecule has 10 heteroatoms. The average molecular weight is 461 g/mol. The molecule has 3 aromatic rings. The first-order chi connectivity index (χ1) is 15.4. The zero-order chi connectivity index (χ0) is 24.4. The molecule has 0 atom stereocenters. The maximum Gasteiger partial charge on any atom is 0.435 e. The molecule has 0 spiro atoms. The fourth-order valence-electron chi connectivity index (χ4n) is 3.03. The lowest BCUT2D eigenvalue weighted by atomic mass is 10.0. The maximum atomic E-state index is 13.7. The molecule has 3 heterocycles. The first-order valence-electron chi connectivity index (χ1n) is 10.2. The van der Waals surface area contributed by atoms with E-state index in [2.05, 4.69) is 27.0 Å². The van der Waals surface area contributed by atoms with Crippen LogP contribution in [0.4, 0.5) is 19.0 Å². The van der Waals surface area contributed by atoms with Crippen LogP contribution in [0.25, 0.3) is 22.4 Å². The fraction of sp³-hybridized carbons (Fsp3) is 0.348. The summed E-state index contributed by atoms with van der Waals surface area (Å²) in [5.41, 5.74) is -0.328. The van der Waals surface area contributed by atoms with Gasteiger partial charge >= 0.3 is 6.18 Å². The molecule has 0 aliphatic heterocycles. The van der Waals surface area contributed by atoms with Crippen molar-refractivity contribution < 1.29 is 22.6 Å². The number of hydrogen-bond donors (Lipinski definition) is 1. The van der Waals surface area contributed by atoms with Crippen molar-refractivity contribution >= 4 is 5.82 Å². The highest BCUT2D eigenvalue weighted by Crippen LogP contribution is 2.38. The van der Waals surface area contributed by atoms with Crippen molar-refractivity contribution in [2.45, 2.75) is 46.0 Å². The van der Waals surface area contributed by atoms with Crippen LogP contribution in [-0.2, 0) is 17.5 Å². The number of pyridine rings is 2. The number of nitrogens with zero attached hydrogens (tertiary/aromatic N) is 4. The summed E-state index contributed by atoms with van der Waals surface area (Å²) < 4.78 is 53.3. The Morgan fingerprint density at radius 1 is 1.15 bits per heavy atom. The molecule has 0 unspecified atom stereocenters. The van der Waals surface area contributed by atoms with Gasteiger partial charge in [0.05, 0.1) is 18.4 Å². The van der Waals surface area contributed by atoms with Crippen LogP contribution in [0.2, 0.25) is 0 Å². The van der Waals surface area contributed by atoms with Gasteiger partial charge in [0.2, 0.25) is 5.88 Å². The summed E-state index contributed by atoms with van der Waals surface area (Å²) in [5.74, 6) is 0.958.